The van der Waals surface area contributed by atoms with Crippen molar-refractivity contribution in [1.29, 1.82) is 0 Å². The first-order valence-corrected chi connectivity index (χ1v) is 5.74. The molecule has 0 bridgehead atoms. The summed E-state index contributed by atoms with van der Waals surface area (Å²) in [6, 6.07) is 6.56. The molecule has 110 valence electrons. The van der Waals surface area contributed by atoms with Gasteiger partial charge in [-0.05, 0) is 42.5 Å². The smallest absolute Gasteiger partial charge is 0.416 e. The summed E-state index contributed by atoms with van der Waals surface area (Å²) in [5, 5.41) is 11.7. The molecule has 2 rings (SSSR count). The summed E-state index contributed by atoms with van der Waals surface area (Å²) in [6.45, 7) is 0. The molecule has 0 heterocycles. The molecular formula is C14H9F4NO2. The van der Waals surface area contributed by atoms with E-state index >= 15 is 0 Å². The van der Waals surface area contributed by atoms with Crippen molar-refractivity contribution in [3.63, 3.8) is 0 Å². The van der Waals surface area contributed by atoms with Crippen molar-refractivity contribution in [2.75, 3.05) is 5.32 Å². The van der Waals surface area contributed by atoms with Crippen LogP contribution in [0.4, 0.5) is 23.2 Å². The zero-order chi connectivity index (χ0) is 15.6. The van der Waals surface area contributed by atoms with Gasteiger partial charge in [0.15, 0.2) is 0 Å². The highest BCUT2D eigenvalue weighted by Crippen LogP contribution is 2.30. The summed E-state index contributed by atoms with van der Waals surface area (Å²) in [5.41, 5.74) is -1.07. The number of rotatable bonds is 2. The molecule has 0 unspecified atom stereocenters. The van der Waals surface area contributed by atoms with Crippen LogP contribution < -0.4 is 5.32 Å². The van der Waals surface area contributed by atoms with E-state index in [-0.39, 0.29) is 11.3 Å². The fraction of sp³-hybridized carbons (Fsp3) is 0.0714. The van der Waals surface area contributed by atoms with E-state index in [1.165, 1.54) is 0 Å². The van der Waals surface area contributed by atoms with Gasteiger partial charge >= 0.3 is 6.18 Å². The van der Waals surface area contributed by atoms with Crippen LogP contribution in [0.25, 0.3) is 0 Å². The van der Waals surface area contributed by atoms with Crippen LogP contribution in [0.15, 0.2) is 42.5 Å². The van der Waals surface area contributed by atoms with Crippen LogP contribution in [-0.2, 0) is 6.18 Å². The Morgan fingerprint density at radius 2 is 1.67 bits per heavy atom. The molecule has 21 heavy (non-hydrogen) atoms. The molecule has 2 aromatic rings. The van der Waals surface area contributed by atoms with E-state index < -0.39 is 29.2 Å². The molecule has 0 fully saturated rings. The van der Waals surface area contributed by atoms with E-state index in [1.54, 1.807) is 0 Å². The molecule has 0 aliphatic heterocycles. The summed E-state index contributed by atoms with van der Waals surface area (Å²) in [5.74, 6) is -1.97. The molecule has 3 nitrogen and oxygen atoms in total. The Balaban J connectivity index is 2.18. The molecule has 2 aromatic carbocycles. The van der Waals surface area contributed by atoms with Crippen molar-refractivity contribution in [1.82, 2.24) is 0 Å². The number of aromatic hydroxyl groups is 1. The molecule has 1 amide bonds. The Hall–Kier alpha value is -2.57. The van der Waals surface area contributed by atoms with Gasteiger partial charge in [-0.1, -0.05) is 0 Å². The number of hydrogen-bond acceptors (Lipinski definition) is 2. The van der Waals surface area contributed by atoms with Crippen molar-refractivity contribution in [3.05, 3.63) is 59.4 Å². The number of nitrogens with one attached hydrogen (secondary N) is 1. The zero-order valence-corrected chi connectivity index (χ0v) is 10.4. The Morgan fingerprint density at radius 1 is 1.05 bits per heavy atom. The first-order valence-electron chi connectivity index (χ1n) is 5.74. The van der Waals surface area contributed by atoms with Crippen LogP contribution in [-0.4, -0.2) is 11.0 Å². The maximum Gasteiger partial charge on any atom is 0.416 e. The first kappa shape index (κ1) is 14.8. The number of carbonyl (C=O) groups is 1. The lowest BCUT2D eigenvalue weighted by Crippen LogP contribution is -2.13. The summed E-state index contributed by atoms with van der Waals surface area (Å²) in [4.78, 5) is 11.8. The molecule has 7 heteroatoms. The topological polar surface area (TPSA) is 49.3 Å². The number of alkyl halides is 3. The predicted molar refractivity (Wildman–Crippen MR) is 67.5 cm³/mol. The first-order chi connectivity index (χ1) is 9.77. The second-order valence-corrected chi connectivity index (χ2v) is 4.19. The Morgan fingerprint density at radius 3 is 2.24 bits per heavy atom. The van der Waals surface area contributed by atoms with Crippen molar-refractivity contribution in [3.8, 4) is 5.75 Å². The van der Waals surface area contributed by atoms with Gasteiger partial charge in [-0.3, -0.25) is 4.79 Å². The van der Waals surface area contributed by atoms with Gasteiger partial charge in [0, 0.05) is 5.69 Å². The SMILES string of the molecule is O=C(Nc1ccc(C(F)(F)F)cc1)c1cc(F)ccc1O. The number of phenols is 1. The van der Waals surface area contributed by atoms with Crippen molar-refractivity contribution < 1.29 is 27.5 Å². The number of anilines is 1. The van der Waals surface area contributed by atoms with Gasteiger partial charge in [-0.2, -0.15) is 13.2 Å². The van der Waals surface area contributed by atoms with E-state index in [2.05, 4.69) is 5.32 Å². The quantitative estimate of drug-likeness (QED) is 0.829. The summed E-state index contributed by atoms with van der Waals surface area (Å²) in [7, 11) is 0. The molecule has 0 aliphatic carbocycles. The van der Waals surface area contributed by atoms with E-state index in [4.69, 9.17) is 0 Å². The number of amides is 1. The molecule has 0 aliphatic rings. The van der Waals surface area contributed by atoms with Crippen molar-refractivity contribution in [2.45, 2.75) is 6.18 Å². The predicted octanol–water partition coefficient (Wildman–Crippen LogP) is 3.80. The second-order valence-electron chi connectivity index (χ2n) is 4.19. The summed E-state index contributed by atoms with van der Waals surface area (Å²) in [6.07, 6.45) is -4.47. The van der Waals surface area contributed by atoms with Gasteiger partial charge in [0.25, 0.3) is 5.91 Å². The largest absolute Gasteiger partial charge is 0.507 e. The number of halogens is 4. The fourth-order valence-corrected chi connectivity index (χ4v) is 1.63. The Labute approximate surface area is 116 Å². The molecule has 0 spiro atoms. The van der Waals surface area contributed by atoms with Gasteiger partial charge in [0.05, 0.1) is 11.1 Å². The van der Waals surface area contributed by atoms with E-state index in [0.717, 1.165) is 42.5 Å². The van der Waals surface area contributed by atoms with Crippen LogP contribution in [0.3, 0.4) is 0 Å². The highest BCUT2D eigenvalue weighted by molar-refractivity contribution is 6.06. The van der Waals surface area contributed by atoms with Crippen LogP contribution in [0, 0.1) is 5.82 Å². The minimum absolute atomic E-state index is 0.0941. The fourth-order valence-electron chi connectivity index (χ4n) is 1.63. The maximum atomic E-state index is 13.0. The minimum Gasteiger partial charge on any atom is -0.507 e. The number of carbonyl (C=O) groups excluding carboxylic acids is 1. The van der Waals surface area contributed by atoms with Crippen LogP contribution in [0.5, 0.6) is 5.75 Å². The second kappa shape index (κ2) is 5.43. The number of hydrogen-bond donors (Lipinski definition) is 2. The minimum atomic E-state index is -4.47. The van der Waals surface area contributed by atoms with Crippen LogP contribution in [0.2, 0.25) is 0 Å². The average Bonchev–Trinajstić information content (AvgIpc) is 2.41. The van der Waals surface area contributed by atoms with Crippen molar-refractivity contribution >= 4 is 11.6 Å². The standard InChI is InChI=1S/C14H9F4NO2/c15-9-3-6-12(20)11(7-9)13(21)19-10-4-1-8(2-5-10)14(16,17)18/h1-7,20H,(H,19,21). The lowest BCUT2D eigenvalue weighted by atomic mass is 10.1. The van der Waals surface area contributed by atoms with E-state index in [0.29, 0.717) is 0 Å². The summed E-state index contributed by atoms with van der Waals surface area (Å²) >= 11 is 0. The lowest BCUT2D eigenvalue weighted by Gasteiger charge is -2.09. The van der Waals surface area contributed by atoms with E-state index in [9.17, 15) is 27.5 Å². The van der Waals surface area contributed by atoms with Gasteiger partial charge in [-0.25, -0.2) is 4.39 Å². The molecule has 0 radical (unpaired) electrons. The highest BCUT2D eigenvalue weighted by atomic mass is 19.4. The lowest BCUT2D eigenvalue weighted by molar-refractivity contribution is -0.137. The van der Waals surface area contributed by atoms with Crippen molar-refractivity contribution in [2.24, 2.45) is 0 Å². The Kier molecular flexibility index (Phi) is 3.84. The normalized spacial score (nSPS) is 11.2. The van der Waals surface area contributed by atoms with E-state index in [1.807, 2.05) is 0 Å². The number of phenolic OH excluding ortho intramolecular Hbond substituents is 1. The zero-order valence-electron chi connectivity index (χ0n) is 10.4. The maximum absolute atomic E-state index is 13.0. The third kappa shape index (κ3) is 3.50. The van der Waals surface area contributed by atoms with Gasteiger partial charge in [0.2, 0.25) is 0 Å². The Bertz CT molecular complexity index is 666. The van der Waals surface area contributed by atoms with Gasteiger partial charge in [0.1, 0.15) is 11.6 Å². The molecule has 0 aromatic heterocycles. The third-order valence-corrected chi connectivity index (χ3v) is 2.67. The third-order valence-electron chi connectivity index (χ3n) is 2.67. The molecule has 0 saturated carbocycles. The molecule has 0 saturated heterocycles. The number of benzene rings is 2. The summed E-state index contributed by atoms with van der Waals surface area (Å²) < 4.78 is 50.2. The highest BCUT2D eigenvalue weighted by Gasteiger charge is 2.30. The van der Waals surface area contributed by atoms with Crippen LogP contribution in [0.1, 0.15) is 15.9 Å². The van der Waals surface area contributed by atoms with Gasteiger partial charge in [-0.15, -0.1) is 0 Å². The van der Waals surface area contributed by atoms with Crippen LogP contribution >= 0.6 is 0 Å². The average molecular weight is 299 g/mol. The van der Waals surface area contributed by atoms with Gasteiger partial charge < -0.3 is 10.4 Å². The molecule has 0 atom stereocenters. The molecular weight excluding hydrogens is 290 g/mol. The monoisotopic (exact) mass is 299 g/mol. The molecule has 2 N–H and O–H groups in total.